The zero-order valence-electron chi connectivity index (χ0n) is 6.48. The number of alkyl halides is 2. The topological polar surface area (TPSA) is 26.0 Å². The molecule has 1 aromatic rings. The Hall–Kier alpha value is -0.300. The normalized spacial score (nSPS) is 13.4. The summed E-state index contributed by atoms with van der Waals surface area (Å²) in [6.07, 6.45) is -2.74. The van der Waals surface area contributed by atoms with Gasteiger partial charge in [-0.2, -0.15) is 0 Å². The SMILES string of the molecule is NC(c1cc(I)ccc1F)C(F)F. The first-order valence-corrected chi connectivity index (χ1v) is 4.59. The van der Waals surface area contributed by atoms with Crippen molar-refractivity contribution in [3.8, 4) is 0 Å². The molecule has 2 N–H and O–H groups in total. The van der Waals surface area contributed by atoms with Gasteiger partial charge in [-0.05, 0) is 40.8 Å². The Kier molecular flexibility index (Phi) is 3.55. The van der Waals surface area contributed by atoms with E-state index in [0.29, 0.717) is 3.57 Å². The molecule has 72 valence electrons. The van der Waals surface area contributed by atoms with E-state index in [-0.39, 0.29) is 5.56 Å². The van der Waals surface area contributed by atoms with Gasteiger partial charge in [0.25, 0.3) is 6.43 Å². The Labute approximate surface area is 87.3 Å². The lowest BCUT2D eigenvalue weighted by Crippen LogP contribution is -2.20. The van der Waals surface area contributed by atoms with E-state index in [9.17, 15) is 13.2 Å². The third-order valence-corrected chi connectivity index (χ3v) is 2.26. The standard InChI is InChI=1S/C8H7F3IN/c9-6-2-1-4(12)3-5(6)7(13)8(10)11/h1-3,7-8H,13H2. The predicted octanol–water partition coefficient (Wildman–Crippen LogP) is 2.70. The summed E-state index contributed by atoms with van der Waals surface area (Å²) in [5.74, 6) is -0.687. The highest BCUT2D eigenvalue weighted by Gasteiger charge is 2.20. The van der Waals surface area contributed by atoms with Crippen LogP contribution in [0.25, 0.3) is 0 Å². The lowest BCUT2D eigenvalue weighted by atomic mass is 10.1. The summed E-state index contributed by atoms with van der Waals surface area (Å²) in [5, 5.41) is 0. The Morgan fingerprint density at radius 2 is 1.92 bits per heavy atom. The molecule has 0 aliphatic rings. The predicted molar refractivity (Wildman–Crippen MR) is 52.0 cm³/mol. The van der Waals surface area contributed by atoms with Crippen LogP contribution >= 0.6 is 22.6 Å². The van der Waals surface area contributed by atoms with E-state index < -0.39 is 18.3 Å². The summed E-state index contributed by atoms with van der Waals surface area (Å²) >= 11 is 1.91. The first kappa shape index (κ1) is 10.8. The number of hydrogen-bond acceptors (Lipinski definition) is 1. The average molecular weight is 301 g/mol. The van der Waals surface area contributed by atoms with Crippen LogP contribution < -0.4 is 5.73 Å². The number of benzene rings is 1. The van der Waals surface area contributed by atoms with E-state index >= 15 is 0 Å². The van der Waals surface area contributed by atoms with Gasteiger partial charge in [-0.3, -0.25) is 0 Å². The lowest BCUT2D eigenvalue weighted by molar-refractivity contribution is 0.115. The number of hydrogen-bond donors (Lipinski definition) is 1. The summed E-state index contributed by atoms with van der Waals surface area (Å²) in [4.78, 5) is 0. The molecule has 0 radical (unpaired) electrons. The van der Waals surface area contributed by atoms with E-state index in [1.54, 1.807) is 0 Å². The second-order valence-electron chi connectivity index (χ2n) is 2.53. The molecule has 0 aromatic heterocycles. The van der Waals surface area contributed by atoms with Crippen LogP contribution in [-0.2, 0) is 0 Å². The van der Waals surface area contributed by atoms with Crippen molar-refractivity contribution in [1.82, 2.24) is 0 Å². The summed E-state index contributed by atoms with van der Waals surface area (Å²) in [6, 6.07) is 2.42. The van der Waals surface area contributed by atoms with E-state index in [1.807, 2.05) is 22.6 Å². The maximum atomic E-state index is 13.0. The van der Waals surface area contributed by atoms with Crippen molar-refractivity contribution < 1.29 is 13.2 Å². The molecule has 1 aromatic carbocycles. The van der Waals surface area contributed by atoms with Crippen molar-refractivity contribution in [3.63, 3.8) is 0 Å². The fourth-order valence-corrected chi connectivity index (χ4v) is 1.42. The largest absolute Gasteiger partial charge is 0.319 e. The van der Waals surface area contributed by atoms with Gasteiger partial charge in [0, 0.05) is 9.13 Å². The molecule has 1 unspecified atom stereocenters. The quantitative estimate of drug-likeness (QED) is 0.835. The number of rotatable bonds is 2. The van der Waals surface area contributed by atoms with Crippen LogP contribution in [0.4, 0.5) is 13.2 Å². The van der Waals surface area contributed by atoms with Gasteiger partial charge in [0.15, 0.2) is 0 Å². The van der Waals surface area contributed by atoms with Crippen molar-refractivity contribution in [2.24, 2.45) is 5.73 Å². The third kappa shape index (κ3) is 2.57. The summed E-state index contributed by atoms with van der Waals surface area (Å²) in [7, 11) is 0. The van der Waals surface area contributed by atoms with Crippen LogP contribution in [0.3, 0.4) is 0 Å². The smallest absolute Gasteiger partial charge is 0.257 e. The van der Waals surface area contributed by atoms with Crippen molar-refractivity contribution in [2.75, 3.05) is 0 Å². The van der Waals surface area contributed by atoms with E-state index in [4.69, 9.17) is 5.73 Å². The maximum absolute atomic E-state index is 13.0. The van der Waals surface area contributed by atoms with Gasteiger partial charge in [-0.15, -0.1) is 0 Å². The molecular formula is C8H7F3IN. The van der Waals surface area contributed by atoms with Gasteiger partial charge in [-0.25, -0.2) is 13.2 Å². The van der Waals surface area contributed by atoms with E-state index in [2.05, 4.69) is 0 Å². The molecule has 1 nitrogen and oxygen atoms in total. The molecule has 5 heteroatoms. The van der Waals surface area contributed by atoms with Crippen molar-refractivity contribution in [3.05, 3.63) is 33.1 Å². The fourth-order valence-electron chi connectivity index (χ4n) is 0.906. The van der Waals surface area contributed by atoms with Gasteiger partial charge in [0.2, 0.25) is 0 Å². The van der Waals surface area contributed by atoms with Crippen molar-refractivity contribution in [1.29, 1.82) is 0 Å². The Morgan fingerprint density at radius 3 is 2.46 bits per heavy atom. The zero-order chi connectivity index (χ0) is 10.0. The van der Waals surface area contributed by atoms with Gasteiger partial charge in [-0.1, -0.05) is 0 Å². The summed E-state index contributed by atoms with van der Waals surface area (Å²) in [6.45, 7) is 0. The Balaban J connectivity index is 3.05. The molecule has 0 aliphatic heterocycles. The molecule has 0 aliphatic carbocycles. The van der Waals surface area contributed by atoms with Gasteiger partial charge in [0.1, 0.15) is 5.82 Å². The van der Waals surface area contributed by atoms with Gasteiger partial charge >= 0.3 is 0 Å². The highest BCUT2D eigenvalue weighted by atomic mass is 127. The molecule has 0 saturated heterocycles. The molecule has 0 spiro atoms. The molecule has 0 amide bonds. The molecule has 1 rings (SSSR count). The van der Waals surface area contributed by atoms with Gasteiger partial charge < -0.3 is 5.73 Å². The molecule has 0 saturated carbocycles. The van der Waals surface area contributed by atoms with Gasteiger partial charge in [0.05, 0.1) is 6.04 Å². The number of halogens is 4. The monoisotopic (exact) mass is 301 g/mol. The van der Waals surface area contributed by atoms with Crippen LogP contribution in [0.1, 0.15) is 11.6 Å². The first-order valence-electron chi connectivity index (χ1n) is 3.51. The van der Waals surface area contributed by atoms with Crippen LogP contribution in [0, 0.1) is 9.39 Å². The Morgan fingerprint density at radius 1 is 1.31 bits per heavy atom. The molecule has 0 bridgehead atoms. The zero-order valence-corrected chi connectivity index (χ0v) is 8.63. The average Bonchev–Trinajstić information content (AvgIpc) is 2.08. The van der Waals surface area contributed by atoms with E-state index in [0.717, 1.165) is 6.07 Å². The molecular weight excluding hydrogens is 294 g/mol. The van der Waals surface area contributed by atoms with Crippen molar-refractivity contribution in [2.45, 2.75) is 12.5 Å². The molecule has 0 heterocycles. The third-order valence-electron chi connectivity index (χ3n) is 1.59. The Bertz CT molecular complexity index is 303. The highest BCUT2D eigenvalue weighted by molar-refractivity contribution is 14.1. The van der Waals surface area contributed by atoms with Crippen LogP contribution in [0.2, 0.25) is 0 Å². The molecule has 1 atom stereocenters. The summed E-state index contributed by atoms with van der Waals surface area (Å²) < 4.78 is 37.9. The van der Waals surface area contributed by atoms with Crippen molar-refractivity contribution >= 4 is 22.6 Å². The van der Waals surface area contributed by atoms with Crippen LogP contribution in [-0.4, -0.2) is 6.43 Å². The minimum atomic E-state index is -2.74. The molecule has 13 heavy (non-hydrogen) atoms. The highest BCUT2D eigenvalue weighted by Crippen LogP contribution is 2.22. The maximum Gasteiger partial charge on any atom is 0.257 e. The van der Waals surface area contributed by atoms with E-state index in [1.165, 1.54) is 12.1 Å². The second kappa shape index (κ2) is 4.28. The first-order chi connectivity index (χ1) is 6.02. The summed E-state index contributed by atoms with van der Waals surface area (Å²) in [5.41, 5.74) is 4.98. The lowest BCUT2D eigenvalue weighted by Gasteiger charge is -2.11. The molecule has 0 fully saturated rings. The fraction of sp³-hybridized carbons (Fsp3) is 0.250. The second-order valence-corrected chi connectivity index (χ2v) is 3.77. The minimum absolute atomic E-state index is 0.137. The van der Waals surface area contributed by atoms with Crippen LogP contribution in [0.15, 0.2) is 18.2 Å². The van der Waals surface area contributed by atoms with Crippen LogP contribution in [0.5, 0.6) is 0 Å². The number of nitrogens with two attached hydrogens (primary N) is 1. The minimum Gasteiger partial charge on any atom is -0.319 e.